The van der Waals surface area contributed by atoms with Crippen molar-refractivity contribution in [2.75, 3.05) is 0 Å². The zero-order valence-electron chi connectivity index (χ0n) is 96.3. The number of hydrogen-bond acceptors (Lipinski definition) is 0. The van der Waals surface area contributed by atoms with E-state index in [1.54, 1.807) is 89.0 Å². The fraction of sp³-hybridized carbons (Fsp3) is 0.333. The van der Waals surface area contributed by atoms with E-state index in [0.29, 0.717) is 10.8 Å². The van der Waals surface area contributed by atoms with Crippen molar-refractivity contribution >= 4 is 75.8 Å². The molecule has 1 atom stereocenters. The van der Waals surface area contributed by atoms with Crippen molar-refractivity contribution in [2.45, 2.75) is 321 Å². The molecule has 10 aliphatic carbocycles. The van der Waals surface area contributed by atoms with Crippen LogP contribution in [0.4, 0.5) is 0 Å². The van der Waals surface area contributed by atoms with Crippen LogP contribution >= 0.6 is 0 Å². The van der Waals surface area contributed by atoms with Gasteiger partial charge in [-0.25, -0.2) is 0 Å². The normalized spacial score (nSPS) is 16.9. The van der Waals surface area contributed by atoms with Gasteiger partial charge < -0.3 is 0 Å². The Kier molecular flexibility index (Phi) is 37.4. The highest BCUT2D eigenvalue weighted by Gasteiger charge is 2.57. The van der Waals surface area contributed by atoms with Crippen LogP contribution in [-0.4, -0.2) is 0 Å². The van der Waals surface area contributed by atoms with Crippen LogP contribution < -0.4 is 0 Å². The molecule has 18 aromatic carbocycles. The van der Waals surface area contributed by atoms with E-state index < -0.39 is 0 Å². The highest BCUT2D eigenvalue weighted by Crippen LogP contribution is 2.65. The second kappa shape index (κ2) is 49.8. The second-order valence-corrected chi connectivity index (χ2v) is 42.3. The van der Waals surface area contributed by atoms with Crippen molar-refractivity contribution in [3.63, 3.8) is 0 Å². The Bertz CT molecular complexity index is 7260. The van der Waals surface area contributed by atoms with Crippen LogP contribution in [-0.2, 0) is 82.9 Å². The average molecular weight is 1980 g/mol. The molecular weight excluding hydrogens is 1800 g/mol. The first-order chi connectivity index (χ1) is 73.4. The monoisotopic (exact) mass is 1980 g/mol. The second-order valence-electron chi connectivity index (χ2n) is 42.3. The fourth-order valence-electron chi connectivity index (χ4n) is 27.5. The molecule has 774 valence electrons. The Morgan fingerprint density at radius 2 is 0.447 bits per heavy atom. The first kappa shape index (κ1) is 113. The summed E-state index contributed by atoms with van der Waals surface area (Å²) in [6.07, 6.45) is 25.2. The predicted octanol–water partition coefficient (Wildman–Crippen LogP) is 42.6. The largest absolute Gasteiger partial charge is 0.0683 e. The van der Waals surface area contributed by atoms with E-state index in [0.717, 1.165) is 0 Å². The summed E-state index contributed by atoms with van der Waals surface area (Å²) in [5, 5.41) is 16.3. The molecule has 18 aromatic rings. The van der Waals surface area contributed by atoms with Gasteiger partial charge in [0.25, 0.3) is 0 Å². The van der Waals surface area contributed by atoms with Gasteiger partial charge >= 0.3 is 0 Å². The van der Waals surface area contributed by atoms with Gasteiger partial charge in [-0.15, -0.1) is 0 Å². The van der Waals surface area contributed by atoms with Crippen molar-refractivity contribution in [3.05, 3.63) is 511 Å². The molecule has 0 amide bonds. The zero-order valence-corrected chi connectivity index (χ0v) is 96.3. The van der Waals surface area contributed by atoms with Crippen molar-refractivity contribution in [1.82, 2.24) is 0 Å². The van der Waals surface area contributed by atoms with Crippen molar-refractivity contribution < 1.29 is 0 Å². The van der Waals surface area contributed by atoms with Gasteiger partial charge in [-0.1, -0.05) is 520 Å². The third kappa shape index (κ3) is 21.5. The lowest BCUT2D eigenvalue weighted by atomic mass is 9.63. The van der Waals surface area contributed by atoms with E-state index >= 15 is 0 Å². The van der Waals surface area contributed by atoms with Crippen LogP contribution in [0, 0.1) is 5.41 Å². The summed E-state index contributed by atoms with van der Waals surface area (Å²) < 4.78 is 0. The maximum absolute atomic E-state index is 2.53. The summed E-state index contributed by atoms with van der Waals surface area (Å²) in [7, 11) is 0. The van der Waals surface area contributed by atoms with Gasteiger partial charge in [0.05, 0.1) is 5.41 Å². The topological polar surface area (TPSA) is 0 Å². The van der Waals surface area contributed by atoms with Gasteiger partial charge in [-0.2, -0.15) is 0 Å². The van der Waals surface area contributed by atoms with E-state index in [1.165, 1.54) is 212 Å². The predicted molar refractivity (Wildman–Crippen MR) is 662 cm³/mol. The quantitative estimate of drug-likeness (QED) is 0.151. The molecule has 0 fully saturated rings. The molecule has 150 heavy (non-hydrogen) atoms. The smallest absolute Gasteiger partial charge is 0.0593 e. The van der Waals surface area contributed by atoms with Gasteiger partial charge in [-0.3, -0.25) is 0 Å². The highest BCUT2D eigenvalue weighted by atomic mass is 14.6. The summed E-state index contributed by atoms with van der Waals surface area (Å²) in [6, 6.07) is 140. The minimum absolute atomic E-state index is 0.117. The Labute approximate surface area is 906 Å². The standard InChI is InChI=1S/C33H24.C29H28.C29H20.C20H22.C19H20.10C2H6/c1-3-7-23-15-29-19-31-25(17-27(29)13-21(23)5-1)9-11-33(31)12-10-26-18-28-14-22-6-2-4-8-24(22)16-30(28)20-32(26)33;1-27(2)17-29(25-15-21-11-7-5-9-19(21)13-23(25)27)18-28(3,4)24-14-20-10-6-8-12-22(20)16-26(24)29;1-3-11-21(12-4-1)25-19-29(27-17-9-7-15-23(25)27)20-26(22-13-5-2-6-14-22)24-16-8-10-18-28(24)29;1-19(2)14-20(18-12-6-5-11-17(18)19)13-7-9-15-8-3-4-10-16(15)20;1-3-7-17-13-19(11-9-15(17)5-1)12-10-16-6-2-4-8-18(16)14-19;10*1-2/h1-8,13-20H,9-12H2;5-16H,17-18H2,1-4H3;1-20H;3-6,8,10-12H,7,9,13-14H2,1-2H3;1-8H,9-14H2;10*1-2H3. The van der Waals surface area contributed by atoms with E-state index in [2.05, 4.69) is 430 Å². The van der Waals surface area contributed by atoms with Crippen molar-refractivity contribution in [3.8, 4) is 0 Å². The minimum atomic E-state index is -0.219. The van der Waals surface area contributed by atoms with E-state index in [9.17, 15) is 0 Å². The van der Waals surface area contributed by atoms with Gasteiger partial charge in [0, 0.05) is 16.2 Å². The molecule has 0 heteroatoms. The van der Waals surface area contributed by atoms with E-state index in [1.807, 2.05) is 138 Å². The average Bonchev–Trinajstić information content (AvgIpc) is 1.51. The van der Waals surface area contributed by atoms with Gasteiger partial charge in [0.2, 0.25) is 0 Å². The lowest BCUT2D eigenvalue weighted by Crippen LogP contribution is -2.34. The lowest BCUT2D eigenvalue weighted by molar-refractivity contribution is 0.210. The van der Waals surface area contributed by atoms with Crippen LogP contribution in [0.1, 0.15) is 360 Å². The highest BCUT2D eigenvalue weighted by molar-refractivity contribution is 6.02. The Hall–Kier alpha value is -13.0. The number of rotatable bonds is 2. The summed E-state index contributed by atoms with van der Waals surface area (Å²) in [5.74, 6) is 0. The number of fused-ring (bicyclic) bond motifs is 24. The Balaban J connectivity index is 0.000000143. The zero-order chi connectivity index (χ0) is 107. The summed E-state index contributed by atoms with van der Waals surface area (Å²) in [4.78, 5) is 0. The van der Waals surface area contributed by atoms with Gasteiger partial charge in [0.15, 0.2) is 0 Å². The molecule has 0 N–H and O–H groups in total. The minimum Gasteiger partial charge on any atom is -0.0683 e. The molecular formula is C150H174. The summed E-state index contributed by atoms with van der Waals surface area (Å²) in [6.45, 7) is 54.6. The molecule has 0 saturated heterocycles. The molecule has 10 aliphatic rings. The molecule has 0 aromatic heterocycles. The van der Waals surface area contributed by atoms with Gasteiger partial charge in [-0.05, 0) is 371 Å². The number of hydrogen-bond donors (Lipinski definition) is 0. The number of aryl methyl sites for hydroxylation is 5. The third-order valence-corrected chi connectivity index (χ3v) is 33.2. The number of benzene rings is 18. The maximum Gasteiger partial charge on any atom is 0.0593 e. The lowest BCUT2D eigenvalue weighted by Gasteiger charge is -2.42. The first-order valence-corrected chi connectivity index (χ1v) is 58.5. The molecule has 0 aliphatic heterocycles. The van der Waals surface area contributed by atoms with E-state index in [4.69, 9.17) is 0 Å². The Morgan fingerprint density at radius 1 is 0.173 bits per heavy atom. The van der Waals surface area contributed by atoms with Crippen LogP contribution in [0.2, 0.25) is 0 Å². The van der Waals surface area contributed by atoms with Crippen molar-refractivity contribution in [2.24, 2.45) is 5.41 Å². The molecule has 0 bridgehead atoms. The van der Waals surface area contributed by atoms with Crippen LogP contribution in [0.3, 0.4) is 0 Å². The first-order valence-electron chi connectivity index (χ1n) is 58.5. The molecule has 28 rings (SSSR count). The molecule has 1 unspecified atom stereocenters. The fourth-order valence-corrected chi connectivity index (χ4v) is 27.5. The SMILES string of the molecule is C1=C(c2ccccc2)c2ccccc2C12C=C(c1ccccc1)c1ccccc12.CC.CC.CC.CC.CC.CC.CC.CC.CC.CC.CC1(C)CC2(CC(C)(C)c3cc4ccccc4cc32)c2cc3ccccc3cc21.CC1(C)CC2(CCCc3ccccc32)c2ccccc21.c1ccc2c(c1)CCC1(CCc3ccccc3C1)C2.c1ccc2cc3cc4c(cc3cc2c1)CCC41CCc2cc3cc4ccccc4cc3cc21. The van der Waals surface area contributed by atoms with Crippen LogP contribution in [0.5, 0.6) is 0 Å². The molecule has 0 nitrogen and oxygen atoms in total. The summed E-state index contributed by atoms with van der Waals surface area (Å²) >= 11 is 0. The maximum atomic E-state index is 2.53. The van der Waals surface area contributed by atoms with Crippen molar-refractivity contribution in [1.29, 1.82) is 0 Å². The molecule has 5 spiro atoms. The summed E-state index contributed by atoms with van der Waals surface area (Å²) in [5.41, 5.74) is 37.4. The van der Waals surface area contributed by atoms with E-state index in [-0.39, 0.29) is 32.5 Å². The van der Waals surface area contributed by atoms with Gasteiger partial charge in [0.1, 0.15) is 0 Å². The van der Waals surface area contributed by atoms with Crippen LogP contribution in [0.25, 0.3) is 75.8 Å². The van der Waals surface area contributed by atoms with Crippen LogP contribution in [0.15, 0.2) is 388 Å². The molecule has 0 radical (unpaired) electrons. The molecule has 0 heterocycles. The third-order valence-electron chi connectivity index (χ3n) is 33.2. The Morgan fingerprint density at radius 3 is 0.827 bits per heavy atom. The molecule has 0 saturated carbocycles. The number of allylic oxidation sites excluding steroid dienone is 2.